The third kappa shape index (κ3) is 4.38. The molecule has 3 unspecified atom stereocenters. The Morgan fingerprint density at radius 2 is 1.77 bits per heavy atom. The van der Waals surface area contributed by atoms with Crippen LogP contribution in [0.4, 0.5) is 13.2 Å². The first-order chi connectivity index (χ1) is 15.0. The maximum Gasteiger partial charge on any atom is 0.144 e. The van der Waals surface area contributed by atoms with Crippen molar-refractivity contribution >= 4 is 0 Å². The lowest BCUT2D eigenvalue weighted by Gasteiger charge is -2.41. The molecule has 0 aromatic heterocycles. The van der Waals surface area contributed by atoms with Gasteiger partial charge in [-0.1, -0.05) is 51.2 Å². The lowest BCUT2D eigenvalue weighted by atomic mass is 9.64. The van der Waals surface area contributed by atoms with Crippen molar-refractivity contribution in [2.75, 3.05) is 0 Å². The molecule has 2 aliphatic carbocycles. The highest BCUT2D eigenvalue weighted by molar-refractivity contribution is 5.67. The van der Waals surface area contributed by atoms with E-state index in [9.17, 15) is 8.78 Å². The van der Waals surface area contributed by atoms with Crippen molar-refractivity contribution in [2.24, 2.45) is 11.8 Å². The number of benzene rings is 2. The molecule has 0 bridgehead atoms. The SMILES string of the molecule is CCCCCCC1CCC2c3ccc(-c4cc(F)c(C#N)c(F)c4)c(F)c3CCC2C1. The lowest BCUT2D eigenvalue weighted by Crippen LogP contribution is -2.28. The van der Waals surface area contributed by atoms with Crippen molar-refractivity contribution in [1.82, 2.24) is 0 Å². The molecule has 31 heavy (non-hydrogen) atoms. The number of nitriles is 1. The smallest absolute Gasteiger partial charge is 0.144 e. The van der Waals surface area contributed by atoms with Gasteiger partial charge in [-0.15, -0.1) is 0 Å². The Balaban J connectivity index is 1.54. The standard InChI is InChI=1S/C27H30F3N/c1-2-3-4-5-6-17-7-9-20-18(13-17)8-10-23-22(20)12-11-21(27(23)30)19-14-25(28)24(16-31)26(29)15-19/h11-12,14-15,17-18,20H,2-10,13H2,1H3. The predicted molar refractivity (Wildman–Crippen MR) is 117 cm³/mol. The summed E-state index contributed by atoms with van der Waals surface area (Å²) in [5.41, 5.74) is 1.54. The molecular weight excluding hydrogens is 395 g/mol. The maximum absolute atomic E-state index is 15.5. The fourth-order valence-corrected chi connectivity index (χ4v) is 5.84. The Hall–Kier alpha value is -2.28. The number of halogens is 3. The van der Waals surface area contributed by atoms with Crippen LogP contribution in [0.1, 0.15) is 87.3 Å². The Labute approximate surface area is 183 Å². The summed E-state index contributed by atoms with van der Waals surface area (Å²) in [7, 11) is 0. The Kier molecular flexibility index (Phi) is 6.70. The number of hydrogen-bond acceptors (Lipinski definition) is 1. The van der Waals surface area contributed by atoms with Gasteiger partial charge in [-0.05, 0) is 78.7 Å². The van der Waals surface area contributed by atoms with Gasteiger partial charge in [-0.2, -0.15) is 5.26 Å². The topological polar surface area (TPSA) is 23.8 Å². The van der Waals surface area contributed by atoms with Crippen molar-refractivity contribution in [3.05, 3.63) is 58.4 Å². The van der Waals surface area contributed by atoms with Gasteiger partial charge in [0, 0.05) is 5.56 Å². The van der Waals surface area contributed by atoms with E-state index in [0.29, 0.717) is 23.8 Å². The molecule has 164 valence electrons. The number of nitrogens with zero attached hydrogens (tertiary/aromatic N) is 1. The first kappa shape index (κ1) is 21.9. The largest absolute Gasteiger partial charge is 0.206 e. The molecule has 0 heterocycles. The Morgan fingerprint density at radius 3 is 2.48 bits per heavy atom. The molecule has 0 N–H and O–H groups in total. The monoisotopic (exact) mass is 425 g/mol. The van der Waals surface area contributed by atoms with Crippen molar-refractivity contribution in [2.45, 2.75) is 77.0 Å². The predicted octanol–water partition coefficient (Wildman–Crippen LogP) is 8.06. The van der Waals surface area contributed by atoms with Crippen molar-refractivity contribution in [3.63, 3.8) is 0 Å². The van der Waals surface area contributed by atoms with Crippen LogP contribution in [0.3, 0.4) is 0 Å². The quantitative estimate of drug-likeness (QED) is 0.429. The van der Waals surface area contributed by atoms with Crippen LogP contribution in [0.2, 0.25) is 0 Å². The van der Waals surface area contributed by atoms with E-state index in [1.54, 1.807) is 6.07 Å². The minimum Gasteiger partial charge on any atom is -0.206 e. The van der Waals surface area contributed by atoms with E-state index in [1.165, 1.54) is 51.0 Å². The van der Waals surface area contributed by atoms with Gasteiger partial charge >= 0.3 is 0 Å². The van der Waals surface area contributed by atoms with Gasteiger partial charge in [0.1, 0.15) is 29.1 Å². The first-order valence-corrected chi connectivity index (χ1v) is 11.7. The van der Waals surface area contributed by atoms with E-state index in [-0.39, 0.29) is 16.9 Å². The van der Waals surface area contributed by atoms with E-state index in [4.69, 9.17) is 5.26 Å². The fourth-order valence-electron chi connectivity index (χ4n) is 5.84. The summed E-state index contributed by atoms with van der Waals surface area (Å²) in [6.45, 7) is 2.24. The van der Waals surface area contributed by atoms with Gasteiger partial charge in [0.25, 0.3) is 0 Å². The average molecular weight is 426 g/mol. The van der Waals surface area contributed by atoms with Crippen molar-refractivity contribution < 1.29 is 13.2 Å². The molecule has 0 saturated heterocycles. The van der Waals surface area contributed by atoms with E-state index in [1.807, 2.05) is 6.07 Å². The van der Waals surface area contributed by atoms with Gasteiger partial charge < -0.3 is 0 Å². The van der Waals surface area contributed by atoms with Crippen LogP contribution in [0, 0.1) is 40.6 Å². The summed E-state index contributed by atoms with van der Waals surface area (Å²) in [6.07, 6.45) is 11.8. The highest BCUT2D eigenvalue weighted by Crippen LogP contribution is 2.49. The van der Waals surface area contributed by atoms with Gasteiger partial charge in [-0.25, -0.2) is 13.2 Å². The van der Waals surface area contributed by atoms with Crippen LogP contribution in [-0.4, -0.2) is 0 Å². The number of fused-ring (bicyclic) bond motifs is 3. The molecule has 3 atom stereocenters. The summed E-state index contributed by atoms with van der Waals surface area (Å²) in [5.74, 6) is -0.450. The molecule has 0 aliphatic heterocycles. The number of rotatable bonds is 6. The highest BCUT2D eigenvalue weighted by atomic mass is 19.1. The van der Waals surface area contributed by atoms with Crippen LogP contribution in [0.5, 0.6) is 0 Å². The van der Waals surface area contributed by atoms with E-state index < -0.39 is 17.2 Å². The van der Waals surface area contributed by atoms with Crippen molar-refractivity contribution in [3.8, 4) is 17.2 Å². The van der Waals surface area contributed by atoms with Crippen LogP contribution in [0.15, 0.2) is 24.3 Å². The molecule has 1 saturated carbocycles. The van der Waals surface area contributed by atoms with Crippen molar-refractivity contribution in [1.29, 1.82) is 5.26 Å². The summed E-state index contributed by atoms with van der Waals surface area (Å²) in [6, 6.07) is 7.26. The molecule has 1 fully saturated rings. The van der Waals surface area contributed by atoms with Crippen LogP contribution >= 0.6 is 0 Å². The summed E-state index contributed by atoms with van der Waals surface area (Å²) in [5, 5.41) is 8.87. The van der Waals surface area contributed by atoms with Gasteiger partial charge in [0.2, 0.25) is 0 Å². The summed E-state index contributed by atoms with van der Waals surface area (Å²) < 4.78 is 43.6. The molecule has 2 aliphatic rings. The normalized spacial score (nSPS) is 22.5. The second kappa shape index (κ2) is 9.47. The summed E-state index contributed by atoms with van der Waals surface area (Å²) in [4.78, 5) is 0. The fraction of sp³-hybridized carbons (Fsp3) is 0.519. The molecule has 0 spiro atoms. The van der Waals surface area contributed by atoms with Crippen LogP contribution < -0.4 is 0 Å². The second-order valence-electron chi connectivity index (χ2n) is 9.36. The Bertz CT molecular complexity index is 968. The Morgan fingerprint density at radius 1 is 1.00 bits per heavy atom. The van der Waals surface area contributed by atoms with E-state index in [2.05, 4.69) is 6.92 Å². The molecule has 2 aromatic carbocycles. The average Bonchev–Trinajstić information content (AvgIpc) is 2.76. The molecule has 4 rings (SSSR count). The zero-order valence-electron chi connectivity index (χ0n) is 18.2. The maximum atomic E-state index is 15.5. The third-order valence-electron chi connectivity index (χ3n) is 7.47. The molecule has 0 amide bonds. The molecular formula is C27H30F3N. The van der Waals surface area contributed by atoms with Crippen LogP contribution in [-0.2, 0) is 6.42 Å². The highest BCUT2D eigenvalue weighted by Gasteiger charge is 2.36. The summed E-state index contributed by atoms with van der Waals surface area (Å²) >= 11 is 0. The first-order valence-electron chi connectivity index (χ1n) is 11.7. The van der Waals surface area contributed by atoms with Crippen LogP contribution in [0.25, 0.3) is 11.1 Å². The molecule has 2 aromatic rings. The number of unbranched alkanes of at least 4 members (excludes halogenated alkanes) is 3. The molecule has 1 nitrogen and oxygen atoms in total. The van der Waals surface area contributed by atoms with Gasteiger partial charge in [0.15, 0.2) is 0 Å². The zero-order valence-corrected chi connectivity index (χ0v) is 18.2. The number of hydrogen-bond donors (Lipinski definition) is 0. The van der Waals surface area contributed by atoms with E-state index >= 15 is 4.39 Å². The minimum atomic E-state index is -0.952. The van der Waals surface area contributed by atoms with Gasteiger partial charge in [0.05, 0.1) is 0 Å². The second-order valence-corrected chi connectivity index (χ2v) is 9.36. The van der Waals surface area contributed by atoms with Gasteiger partial charge in [-0.3, -0.25) is 0 Å². The third-order valence-corrected chi connectivity index (χ3v) is 7.47. The van der Waals surface area contributed by atoms with E-state index in [0.717, 1.165) is 36.5 Å². The molecule has 4 heteroatoms. The lowest BCUT2D eigenvalue weighted by molar-refractivity contribution is 0.198. The molecule has 0 radical (unpaired) electrons. The minimum absolute atomic E-state index is 0.146. The zero-order chi connectivity index (χ0) is 22.0.